The number of hydrogen-bond donors (Lipinski definition) is 11. The Labute approximate surface area is 373 Å². The van der Waals surface area contributed by atoms with Gasteiger partial charge in [0.2, 0.25) is 17.7 Å². The van der Waals surface area contributed by atoms with Crippen LogP contribution in [0.4, 0.5) is 4.79 Å². The number of ketones is 1. The Morgan fingerprint density at radius 1 is 0.750 bits per heavy atom. The van der Waals surface area contributed by atoms with Gasteiger partial charge in [-0.1, -0.05) is 20.8 Å². The molecule has 2 rings (SSSR count). The zero-order valence-corrected chi connectivity index (χ0v) is 38.7. The highest BCUT2D eigenvalue weighted by Gasteiger charge is 2.46. The number of hydrogen-bond acceptors (Lipinski definition) is 19. The number of unbranched alkanes of at least 4 members (excludes halogenated alkanes) is 1. The zero-order valence-electron chi connectivity index (χ0n) is 37.8. The fourth-order valence-electron chi connectivity index (χ4n) is 6.72. The van der Waals surface area contributed by atoms with Crippen molar-refractivity contribution in [1.29, 1.82) is 0 Å². The summed E-state index contributed by atoms with van der Waals surface area (Å²) in [6, 6.07) is -3.77. The molecule has 0 aromatic rings. The second-order valence-corrected chi connectivity index (χ2v) is 19.2. The molecule has 24 nitrogen and oxygen atoms in total. The van der Waals surface area contributed by atoms with Crippen LogP contribution >= 0.6 is 7.82 Å². The van der Waals surface area contributed by atoms with Crippen molar-refractivity contribution in [3.8, 4) is 0 Å². The van der Waals surface area contributed by atoms with Gasteiger partial charge in [-0.15, -0.1) is 0 Å². The number of alkyl carbamates (subject to hydrolysis) is 1. The van der Waals surface area contributed by atoms with Crippen molar-refractivity contribution in [3.63, 3.8) is 0 Å². The molecule has 0 spiro atoms. The second kappa shape index (κ2) is 26.4. The van der Waals surface area contributed by atoms with Gasteiger partial charge >= 0.3 is 13.9 Å². The summed E-state index contributed by atoms with van der Waals surface area (Å²) in [6.07, 6.45) is -13.3. The number of carbonyl (C=O) groups excluding carboxylic acids is 5. The number of carbonyl (C=O) groups is 5. The number of aliphatic hydroxyl groups is 6. The SMILES string of the molecule is CC(=O)N[C@H]1[C@H](OCCCCC(=O)[C@H](CC(=O)NCCCO[C@@H]2O[C@H](CO)[C@H](O)[C@H](O)[C@H]2NC(C)=O)NC(=O)OC[C@@H](CC(C)(C)C)OP(=O)(O)OC(C)(C)C)O[C@H](CO)[C@H](O)[C@@H]1O. The molecule has 64 heavy (non-hydrogen) atoms. The van der Waals surface area contributed by atoms with Crippen LogP contribution in [-0.2, 0) is 56.5 Å². The lowest BCUT2D eigenvalue weighted by Gasteiger charge is -2.42. The van der Waals surface area contributed by atoms with E-state index in [4.69, 9.17) is 32.7 Å². The van der Waals surface area contributed by atoms with Crippen molar-refractivity contribution in [2.75, 3.05) is 39.6 Å². The maximum absolute atomic E-state index is 13.5. The normalized spacial score (nSPS) is 28.2. The number of rotatable bonds is 25. The number of amides is 4. The van der Waals surface area contributed by atoms with Crippen LogP contribution in [0.25, 0.3) is 0 Å². The first-order valence-electron chi connectivity index (χ1n) is 21.1. The molecule has 25 heteroatoms. The lowest BCUT2D eigenvalue weighted by Crippen LogP contribution is -2.64. The van der Waals surface area contributed by atoms with Crippen LogP contribution in [0, 0.1) is 5.41 Å². The summed E-state index contributed by atoms with van der Waals surface area (Å²) in [7, 11) is -4.62. The molecule has 2 aliphatic heterocycles. The van der Waals surface area contributed by atoms with E-state index in [0.717, 1.165) is 0 Å². The minimum absolute atomic E-state index is 0.0110. The standard InChI is InChI=1S/C39H71N4O20P/c1-21(46)41-29-33(52)31(50)26(18-44)60-35(29)57-14-10-9-12-25(48)24(43-37(54)59-20-23(17-38(3,4)5)62-64(55,56)63-39(6,7)8)16-28(49)40-13-11-15-58-36-30(42-22(2)47)34(53)32(51)27(19-45)61-36/h23-24,26-27,29-36,44-45,50-53H,9-20H2,1-8H3,(H,40,49)(H,41,46)(H,42,47)(H,43,54)(H,55,56)/t23-,24+,26-,27-,29-,30-,31+,32+,33-,34-,35-,36-/m1/s1. The third-order valence-corrected chi connectivity index (χ3v) is 10.9. The maximum atomic E-state index is 13.5. The second-order valence-electron chi connectivity index (χ2n) is 17.9. The summed E-state index contributed by atoms with van der Waals surface area (Å²) >= 11 is 0. The number of ether oxygens (including phenoxy) is 5. The van der Waals surface area contributed by atoms with E-state index in [-0.39, 0.29) is 51.9 Å². The van der Waals surface area contributed by atoms with Crippen molar-refractivity contribution in [2.24, 2.45) is 5.41 Å². The number of phosphoric ester groups is 1. The maximum Gasteiger partial charge on any atom is 0.473 e. The average Bonchev–Trinajstić information content (AvgIpc) is 3.16. The van der Waals surface area contributed by atoms with Crippen LogP contribution in [0.5, 0.6) is 0 Å². The lowest BCUT2D eigenvalue weighted by molar-refractivity contribution is -0.270. The Kier molecular flexibility index (Phi) is 23.6. The number of Topliss-reactive ketones (excluding diaryl/α,β-unsaturated/α-hetero) is 1. The Balaban J connectivity index is 2.09. The minimum atomic E-state index is -4.62. The highest BCUT2D eigenvalue weighted by Crippen LogP contribution is 2.49. The van der Waals surface area contributed by atoms with Crippen molar-refractivity contribution < 1.29 is 96.8 Å². The molecule has 2 saturated heterocycles. The highest BCUT2D eigenvalue weighted by atomic mass is 31.2. The Morgan fingerprint density at radius 2 is 1.25 bits per heavy atom. The molecule has 2 heterocycles. The monoisotopic (exact) mass is 946 g/mol. The van der Waals surface area contributed by atoms with Crippen LogP contribution in [0.3, 0.4) is 0 Å². The molecule has 0 saturated carbocycles. The lowest BCUT2D eigenvalue weighted by atomic mass is 9.89. The third kappa shape index (κ3) is 20.7. The van der Waals surface area contributed by atoms with Gasteiger partial charge in [0, 0.05) is 33.4 Å². The fourth-order valence-corrected chi connectivity index (χ4v) is 7.97. The summed E-state index contributed by atoms with van der Waals surface area (Å²) in [5, 5.41) is 70.4. The first-order chi connectivity index (χ1) is 29.7. The molecule has 0 aromatic heterocycles. The molecule has 0 radical (unpaired) electrons. The number of phosphoric acid groups is 1. The topological polar surface area (TPSA) is 357 Å². The van der Waals surface area contributed by atoms with Crippen LogP contribution in [0.2, 0.25) is 0 Å². The van der Waals surface area contributed by atoms with Gasteiger partial charge in [0.15, 0.2) is 18.4 Å². The highest BCUT2D eigenvalue weighted by molar-refractivity contribution is 7.47. The molecule has 1 unspecified atom stereocenters. The van der Waals surface area contributed by atoms with E-state index in [9.17, 15) is 64.1 Å². The fraction of sp³-hybridized carbons (Fsp3) is 0.872. The predicted molar refractivity (Wildman–Crippen MR) is 222 cm³/mol. The van der Waals surface area contributed by atoms with E-state index in [1.54, 1.807) is 20.8 Å². The van der Waals surface area contributed by atoms with E-state index in [0.29, 0.717) is 0 Å². The molecular weight excluding hydrogens is 875 g/mol. The molecule has 4 amide bonds. The van der Waals surface area contributed by atoms with E-state index < -0.39 is 148 Å². The van der Waals surface area contributed by atoms with Gasteiger partial charge in [0.25, 0.3) is 0 Å². The third-order valence-electron chi connectivity index (χ3n) is 9.51. The van der Waals surface area contributed by atoms with Gasteiger partial charge < -0.3 is 80.5 Å². The van der Waals surface area contributed by atoms with Gasteiger partial charge in [0.1, 0.15) is 61.4 Å². The minimum Gasteiger partial charge on any atom is -0.447 e. The van der Waals surface area contributed by atoms with Crippen LogP contribution in [0.1, 0.15) is 93.9 Å². The van der Waals surface area contributed by atoms with Gasteiger partial charge in [-0.25, -0.2) is 9.36 Å². The molecular formula is C39H71N4O20P. The smallest absolute Gasteiger partial charge is 0.447 e. The van der Waals surface area contributed by atoms with Gasteiger partial charge in [-0.3, -0.25) is 28.2 Å². The first kappa shape index (κ1) is 57.2. The molecule has 372 valence electrons. The van der Waals surface area contributed by atoms with Crippen molar-refractivity contribution in [2.45, 2.75) is 173 Å². The first-order valence-corrected chi connectivity index (χ1v) is 22.6. The Bertz CT molecular complexity index is 1550. The summed E-state index contributed by atoms with van der Waals surface area (Å²) in [5.74, 6) is -2.33. The Morgan fingerprint density at radius 3 is 1.70 bits per heavy atom. The summed E-state index contributed by atoms with van der Waals surface area (Å²) in [6.45, 7) is 10.6. The van der Waals surface area contributed by atoms with Crippen molar-refractivity contribution in [1.82, 2.24) is 21.3 Å². The van der Waals surface area contributed by atoms with Crippen LogP contribution < -0.4 is 21.3 Å². The summed E-state index contributed by atoms with van der Waals surface area (Å²) < 4.78 is 51.1. The van der Waals surface area contributed by atoms with E-state index >= 15 is 0 Å². The van der Waals surface area contributed by atoms with Gasteiger partial charge in [-0.05, 0) is 51.9 Å². The van der Waals surface area contributed by atoms with Crippen molar-refractivity contribution in [3.05, 3.63) is 0 Å². The molecule has 2 aliphatic rings. The van der Waals surface area contributed by atoms with Crippen LogP contribution in [0.15, 0.2) is 0 Å². The summed E-state index contributed by atoms with van der Waals surface area (Å²) in [4.78, 5) is 73.6. The molecule has 0 aliphatic carbocycles. The molecule has 0 aromatic carbocycles. The van der Waals surface area contributed by atoms with Gasteiger partial charge in [-0.2, -0.15) is 0 Å². The zero-order chi connectivity index (χ0) is 48.6. The van der Waals surface area contributed by atoms with E-state index in [2.05, 4.69) is 21.3 Å². The van der Waals surface area contributed by atoms with Gasteiger partial charge in [0.05, 0.1) is 37.9 Å². The predicted octanol–water partition coefficient (Wildman–Crippen LogP) is -1.63. The quantitative estimate of drug-likeness (QED) is 0.0362. The van der Waals surface area contributed by atoms with E-state index in [1.165, 1.54) is 13.8 Å². The average molecular weight is 947 g/mol. The molecule has 2 fully saturated rings. The van der Waals surface area contributed by atoms with E-state index in [1.807, 2.05) is 20.8 Å². The van der Waals surface area contributed by atoms with Crippen molar-refractivity contribution >= 4 is 37.4 Å². The number of aliphatic hydroxyl groups excluding tert-OH is 6. The Hall–Kier alpha value is -2.94. The number of nitrogens with one attached hydrogen (secondary N) is 4. The molecule has 0 bridgehead atoms. The molecule has 11 N–H and O–H groups in total. The van der Waals surface area contributed by atoms with Crippen LogP contribution in [-0.4, -0.2) is 184 Å². The largest absolute Gasteiger partial charge is 0.473 e. The molecule has 13 atom stereocenters. The summed E-state index contributed by atoms with van der Waals surface area (Å²) in [5.41, 5.74) is -1.51.